The molecule has 2 atom stereocenters. The number of benzene rings is 1. The zero-order valence-electron chi connectivity index (χ0n) is 13.0. The van der Waals surface area contributed by atoms with Gasteiger partial charge in [-0.1, -0.05) is 73.5 Å². The van der Waals surface area contributed by atoms with Crippen LogP contribution in [0.2, 0.25) is 10.0 Å². The highest BCUT2D eigenvalue weighted by Crippen LogP contribution is 2.38. The first-order chi connectivity index (χ1) is 11.3. The molecule has 1 aromatic carbocycles. The van der Waals surface area contributed by atoms with E-state index in [1.807, 2.05) is 6.92 Å². The maximum absolute atomic E-state index is 12.7. The summed E-state index contributed by atoms with van der Waals surface area (Å²) in [5, 5.41) is 10.3. The Balaban J connectivity index is 2.42. The number of hydrogen-bond acceptors (Lipinski definition) is 4. The summed E-state index contributed by atoms with van der Waals surface area (Å²) in [5.74, 6) is -1.74. The molecule has 0 radical (unpaired) electrons. The SMILES string of the molecule is CC[C@H](C)[C@@H](C(=O)O)N1C(=O)/C(=C/c2c(Cl)cccc2Cl)SC1=S. The molecule has 1 aromatic rings. The summed E-state index contributed by atoms with van der Waals surface area (Å²) in [7, 11) is 0. The Morgan fingerprint density at radius 2 is 2.00 bits per heavy atom. The first-order valence-corrected chi connectivity index (χ1v) is 9.19. The minimum Gasteiger partial charge on any atom is -0.480 e. The second-order valence-electron chi connectivity index (χ2n) is 5.36. The summed E-state index contributed by atoms with van der Waals surface area (Å²) in [6.45, 7) is 3.66. The van der Waals surface area contributed by atoms with Crippen LogP contribution in [0.4, 0.5) is 0 Å². The fraction of sp³-hybridized carbons (Fsp3) is 0.312. The number of thiocarbonyl (C=S) groups is 1. The Labute approximate surface area is 159 Å². The molecule has 4 nitrogen and oxygen atoms in total. The molecule has 0 unspecified atom stereocenters. The van der Waals surface area contributed by atoms with Gasteiger partial charge in [-0.05, 0) is 24.1 Å². The second kappa shape index (κ2) is 7.87. The van der Waals surface area contributed by atoms with Crippen molar-refractivity contribution in [2.75, 3.05) is 0 Å². The molecule has 0 bridgehead atoms. The minimum atomic E-state index is -1.07. The number of carboxylic acids is 1. The predicted molar refractivity (Wildman–Crippen MR) is 102 cm³/mol. The van der Waals surface area contributed by atoms with Gasteiger partial charge >= 0.3 is 5.97 Å². The van der Waals surface area contributed by atoms with E-state index in [9.17, 15) is 14.7 Å². The van der Waals surface area contributed by atoms with E-state index < -0.39 is 17.9 Å². The van der Waals surface area contributed by atoms with Crippen LogP contribution in [0.1, 0.15) is 25.8 Å². The first-order valence-electron chi connectivity index (χ1n) is 7.21. The Bertz CT molecular complexity index is 716. The van der Waals surface area contributed by atoms with Gasteiger partial charge in [0.25, 0.3) is 5.91 Å². The highest BCUT2D eigenvalue weighted by molar-refractivity contribution is 8.26. The quantitative estimate of drug-likeness (QED) is 0.570. The molecule has 0 aromatic heterocycles. The monoisotopic (exact) mass is 403 g/mol. The van der Waals surface area contributed by atoms with Gasteiger partial charge in [0.1, 0.15) is 10.4 Å². The molecule has 24 heavy (non-hydrogen) atoms. The van der Waals surface area contributed by atoms with Gasteiger partial charge in [-0.15, -0.1) is 0 Å². The summed E-state index contributed by atoms with van der Waals surface area (Å²) in [6.07, 6.45) is 2.17. The van der Waals surface area contributed by atoms with Crippen molar-refractivity contribution in [3.05, 3.63) is 38.7 Å². The van der Waals surface area contributed by atoms with Crippen molar-refractivity contribution in [2.45, 2.75) is 26.3 Å². The third-order valence-electron chi connectivity index (χ3n) is 3.81. The number of hydrogen-bond donors (Lipinski definition) is 1. The zero-order valence-corrected chi connectivity index (χ0v) is 16.1. The van der Waals surface area contributed by atoms with Crippen LogP contribution in [0.3, 0.4) is 0 Å². The number of carbonyl (C=O) groups excluding carboxylic acids is 1. The molecular formula is C16H15Cl2NO3S2. The van der Waals surface area contributed by atoms with E-state index in [0.29, 0.717) is 26.9 Å². The molecule has 1 aliphatic heterocycles. The van der Waals surface area contributed by atoms with Crippen molar-refractivity contribution < 1.29 is 14.7 Å². The number of nitrogens with zero attached hydrogens (tertiary/aromatic N) is 1. The van der Waals surface area contributed by atoms with Crippen LogP contribution in [0.25, 0.3) is 6.08 Å². The van der Waals surface area contributed by atoms with E-state index in [1.54, 1.807) is 31.2 Å². The summed E-state index contributed by atoms with van der Waals surface area (Å²) in [4.78, 5) is 25.8. The molecular weight excluding hydrogens is 389 g/mol. The lowest BCUT2D eigenvalue weighted by atomic mass is 9.98. The van der Waals surface area contributed by atoms with Crippen LogP contribution in [0, 0.1) is 5.92 Å². The van der Waals surface area contributed by atoms with E-state index in [1.165, 1.54) is 4.90 Å². The second-order valence-corrected chi connectivity index (χ2v) is 7.85. The lowest BCUT2D eigenvalue weighted by molar-refractivity contribution is -0.147. The van der Waals surface area contributed by atoms with Crippen molar-refractivity contribution in [1.29, 1.82) is 0 Å². The molecule has 1 fully saturated rings. The molecule has 0 saturated carbocycles. The maximum Gasteiger partial charge on any atom is 0.327 e. The Morgan fingerprint density at radius 3 is 2.50 bits per heavy atom. The maximum atomic E-state index is 12.7. The Hall–Kier alpha value is -1.08. The van der Waals surface area contributed by atoms with Gasteiger partial charge in [-0.2, -0.15) is 0 Å². The van der Waals surface area contributed by atoms with Crippen LogP contribution >= 0.6 is 47.2 Å². The third kappa shape index (κ3) is 3.77. The van der Waals surface area contributed by atoms with Crippen LogP contribution in [-0.2, 0) is 9.59 Å². The van der Waals surface area contributed by atoms with Gasteiger partial charge in [-0.3, -0.25) is 9.69 Å². The number of carboxylic acid groups (broad SMARTS) is 1. The minimum absolute atomic E-state index is 0.224. The number of rotatable bonds is 5. The highest BCUT2D eigenvalue weighted by atomic mass is 35.5. The van der Waals surface area contributed by atoms with Crippen LogP contribution in [0.5, 0.6) is 0 Å². The van der Waals surface area contributed by atoms with Crippen molar-refractivity contribution in [3.63, 3.8) is 0 Å². The van der Waals surface area contributed by atoms with E-state index >= 15 is 0 Å². The van der Waals surface area contributed by atoms with E-state index in [4.69, 9.17) is 35.4 Å². The van der Waals surface area contributed by atoms with Gasteiger partial charge in [-0.25, -0.2) is 4.79 Å². The number of thioether (sulfide) groups is 1. The van der Waals surface area contributed by atoms with E-state index in [0.717, 1.165) is 11.8 Å². The van der Waals surface area contributed by atoms with E-state index in [-0.39, 0.29) is 10.2 Å². The lowest BCUT2D eigenvalue weighted by Gasteiger charge is -2.27. The van der Waals surface area contributed by atoms with Gasteiger partial charge in [0.15, 0.2) is 0 Å². The van der Waals surface area contributed by atoms with Crippen LogP contribution in [0.15, 0.2) is 23.1 Å². The largest absolute Gasteiger partial charge is 0.480 e. The summed E-state index contributed by atoms with van der Waals surface area (Å²) in [6, 6.07) is 4.05. The van der Waals surface area contributed by atoms with Crippen molar-refractivity contribution in [2.24, 2.45) is 5.92 Å². The molecule has 2 rings (SSSR count). The summed E-state index contributed by atoms with van der Waals surface area (Å²) < 4.78 is 0.224. The molecule has 1 aliphatic rings. The van der Waals surface area contributed by atoms with Gasteiger partial charge < -0.3 is 5.11 Å². The average molecular weight is 404 g/mol. The van der Waals surface area contributed by atoms with Crippen LogP contribution in [-0.4, -0.2) is 32.2 Å². The number of amides is 1. The number of halogens is 2. The van der Waals surface area contributed by atoms with Gasteiger partial charge in [0.05, 0.1) is 4.91 Å². The fourth-order valence-corrected chi connectivity index (χ4v) is 4.15. The molecule has 0 spiro atoms. The topological polar surface area (TPSA) is 57.6 Å². The summed E-state index contributed by atoms with van der Waals surface area (Å²) >= 11 is 18.5. The molecule has 1 N–H and O–H groups in total. The molecule has 1 heterocycles. The standard InChI is InChI=1S/C16H15Cl2NO3S2/c1-3-8(2)13(15(21)22)19-14(20)12(24-16(19)23)7-9-10(17)5-4-6-11(9)18/h4-8,13H,3H2,1-2H3,(H,21,22)/b12-7-/t8-,13-/m0/s1. The van der Waals surface area contributed by atoms with Crippen molar-refractivity contribution in [3.8, 4) is 0 Å². The molecule has 1 saturated heterocycles. The molecule has 1 amide bonds. The van der Waals surface area contributed by atoms with Crippen LogP contribution < -0.4 is 0 Å². The average Bonchev–Trinajstić information content (AvgIpc) is 2.78. The van der Waals surface area contributed by atoms with Gasteiger partial charge in [0, 0.05) is 15.6 Å². The highest BCUT2D eigenvalue weighted by Gasteiger charge is 2.42. The normalized spacial score (nSPS) is 19.0. The van der Waals surface area contributed by atoms with E-state index in [2.05, 4.69) is 0 Å². The fourth-order valence-electron chi connectivity index (χ4n) is 2.33. The Morgan fingerprint density at radius 1 is 1.42 bits per heavy atom. The summed E-state index contributed by atoms with van der Waals surface area (Å²) in [5.41, 5.74) is 0.511. The zero-order chi connectivity index (χ0) is 18.0. The van der Waals surface area contributed by atoms with Crippen molar-refractivity contribution >= 4 is 69.5 Å². The third-order valence-corrected chi connectivity index (χ3v) is 5.80. The molecule has 128 valence electrons. The number of carbonyl (C=O) groups is 2. The molecule has 8 heteroatoms. The first kappa shape index (κ1) is 19.2. The predicted octanol–water partition coefficient (Wildman–Crippen LogP) is 4.69. The van der Waals surface area contributed by atoms with Gasteiger partial charge in [0.2, 0.25) is 0 Å². The molecule has 0 aliphatic carbocycles. The number of aliphatic carboxylic acids is 1. The smallest absolute Gasteiger partial charge is 0.327 e. The Kier molecular flexibility index (Phi) is 6.31. The lowest BCUT2D eigenvalue weighted by Crippen LogP contribution is -2.47. The van der Waals surface area contributed by atoms with Crippen molar-refractivity contribution in [1.82, 2.24) is 4.90 Å².